The van der Waals surface area contributed by atoms with Gasteiger partial charge in [0.25, 0.3) is 5.56 Å². The second kappa shape index (κ2) is 7.99. The zero-order valence-electron chi connectivity index (χ0n) is 17.3. The number of nitrogens with one attached hydrogen (secondary N) is 1. The van der Waals surface area contributed by atoms with Crippen molar-refractivity contribution in [1.29, 1.82) is 0 Å². The molecule has 30 heavy (non-hydrogen) atoms. The minimum absolute atomic E-state index is 0.0472. The number of hydrogen-bond donors (Lipinski definition) is 1. The topological polar surface area (TPSA) is 66.4 Å². The van der Waals surface area contributed by atoms with Gasteiger partial charge in [-0.2, -0.15) is 0 Å². The number of benzene rings is 1. The number of aromatic amines is 1. The highest BCUT2D eigenvalue weighted by Gasteiger charge is 2.33. The summed E-state index contributed by atoms with van der Waals surface area (Å²) in [6.45, 7) is 3.81. The average molecular weight is 406 g/mol. The van der Waals surface area contributed by atoms with E-state index < -0.39 is 0 Å². The van der Waals surface area contributed by atoms with Gasteiger partial charge in [0.2, 0.25) is 0 Å². The Balaban J connectivity index is 1.35. The van der Waals surface area contributed by atoms with Crippen LogP contribution in [-0.4, -0.2) is 53.0 Å². The summed E-state index contributed by atoms with van der Waals surface area (Å²) in [5, 5.41) is 3.33. The summed E-state index contributed by atoms with van der Waals surface area (Å²) in [4.78, 5) is 22.5. The average Bonchev–Trinajstić information content (AvgIpc) is 3.16. The third-order valence-corrected chi connectivity index (χ3v) is 6.31. The monoisotopic (exact) mass is 405 g/mol. The molecular weight excluding hydrogens is 378 g/mol. The Morgan fingerprint density at radius 1 is 1.07 bits per heavy atom. The minimum Gasteiger partial charge on any atom is -0.497 e. The number of hydrogen-bond acceptors (Lipinski definition) is 5. The van der Waals surface area contributed by atoms with Crippen molar-refractivity contribution in [1.82, 2.24) is 19.7 Å². The number of fused-ring (bicyclic) bond motifs is 1. The quantitative estimate of drug-likeness (QED) is 0.723. The standard InChI is InChI=1S/C23H27N5O2/c1-30-18-10-8-17(9-11-18)26-13-15-27(16-14-26)20-6-4-5-19-22(20)23(29)28(25-19)21-7-2-3-12-24-21/h2-3,7-12,20,25H,4-6,13-16H2,1H3. The largest absolute Gasteiger partial charge is 0.497 e. The first kappa shape index (κ1) is 18.9. The molecule has 3 heterocycles. The van der Waals surface area contributed by atoms with Gasteiger partial charge in [-0.3, -0.25) is 14.8 Å². The summed E-state index contributed by atoms with van der Waals surface area (Å²) >= 11 is 0. The van der Waals surface area contributed by atoms with Gasteiger partial charge in [-0.05, 0) is 55.7 Å². The van der Waals surface area contributed by atoms with Crippen LogP contribution >= 0.6 is 0 Å². The van der Waals surface area contributed by atoms with Gasteiger partial charge < -0.3 is 9.64 Å². The second-order valence-corrected chi connectivity index (χ2v) is 7.96. The highest BCUT2D eigenvalue weighted by Crippen LogP contribution is 2.33. The van der Waals surface area contributed by atoms with Crippen molar-refractivity contribution < 1.29 is 4.74 Å². The van der Waals surface area contributed by atoms with E-state index in [2.05, 4.69) is 32.0 Å². The van der Waals surface area contributed by atoms with Crippen LogP contribution in [0.4, 0.5) is 5.69 Å². The van der Waals surface area contributed by atoms with E-state index in [1.54, 1.807) is 18.0 Å². The molecule has 156 valence electrons. The second-order valence-electron chi connectivity index (χ2n) is 7.96. The molecular formula is C23H27N5O2. The molecule has 3 aromatic rings. The Bertz CT molecular complexity index is 1050. The third kappa shape index (κ3) is 3.39. The van der Waals surface area contributed by atoms with Crippen LogP contribution < -0.4 is 15.2 Å². The number of aromatic nitrogens is 3. The van der Waals surface area contributed by atoms with E-state index in [9.17, 15) is 4.79 Å². The van der Waals surface area contributed by atoms with Gasteiger partial charge in [0.15, 0.2) is 5.82 Å². The van der Waals surface area contributed by atoms with Crippen molar-refractivity contribution in [3.63, 3.8) is 0 Å². The van der Waals surface area contributed by atoms with E-state index in [1.165, 1.54) is 5.69 Å². The molecule has 1 aliphatic heterocycles. The van der Waals surface area contributed by atoms with Gasteiger partial charge in [-0.1, -0.05) is 6.07 Å². The summed E-state index contributed by atoms with van der Waals surface area (Å²) in [6.07, 6.45) is 4.77. The molecule has 1 aliphatic carbocycles. The Morgan fingerprint density at radius 2 is 1.87 bits per heavy atom. The zero-order chi connectivity index (χ0) is 20.5. The molecule has 0 saturated carbocycles. The molecule has 0 bridgehead atoms. The number of ether oxygens (including phenoxy) is 1. The Morgan fingerprint density at radius 3 is 2.57 bits per heavy atom. The predicted octanol–water partition coefficient (Wildman–Crippen LogP) is 2.77. The van der Waals surface area contributed by atoms with Crippen LogP contribution in [0.2, 0.25) is 0 Å². The van der Waals surface area contributed by atoms with Crippen LogP contribution in [0.1, 0.15) is 30.1 Å². The molecule has 7 nitrogen and oxygen atoms in total. The SMILES string of the molecule is COc1ccc(N2CCN(C3CCCc4[nH]n(-c5ccccn5)c(=O)c43)CC2)cc1. The van der Waals surface area contributed by atoms with Crippen molar-refractivity contribution in [2.45, 2.75) is 25.3 Å². The minimum atomic E-state index is 0.0472. The van der Waals surface area contributed by atoms with E-state index in [1.807, 2.05) is 30.3 Å². The molecule has 2 aliphatic rings. The molecule has 0 spiro atoms. The maximum atomic E-state index is 13.3. The van der Waals surface area contributed by atoms with Crippen LogP contribution in [0.25, 0.3) is 5.82 Å². The van der Waals surface area contributed by atoms with Crippen LogP contribution in [0.3, 0.4) is 0 Å². The van der Waals surface area contributed by atoms with Gasteiger partial charge in [0.05, 0.1) is 12.7 Å². The normalized spacial score (nSPS) is 19.5. The van der Waals surface area contributed by atoms with Crippen molar-refractivity contribution in [2.24, 2.45) is 0 Å². The van der Waals surface area contributed by atoms with Gasteiger partial charge >= 0.3 is 0 Å². The number of anilines is 1. The summed E-state index contributed by atoms with van der Waals surface area (Å²) in [5.41, 5.74) is 3.27. The fraction of sp³-hybridized carbons (Fsp3) is 0.391. The molecule has 7 heteroatoms. The highest BCUT2D eigenvalue weighted by atomic mass is 16.5. The predicted molar refractivity (Wildman–Crippen MR) is 117 cm³/mol. The number of aryl methyl sites for hydroxylation is 1. The van der Waals surface area contributed by atoms with E-state index >= 15 is 0 Å². The Labute approximate surface area is 175 Å². The summed E-state index contributed by atoms with van der Waals surface area (Å²) in [6, 6.07) is 14.1. The van der Waals surface area contributed by atoms with E-state index in [0.717, 1.165) is 62.4 Å². The summed E-state index contributed by atoms with van der Waals surface area (Å²) in [7, 11) is 1.69. The fourth-order valence-corrected chi connectivity index (χ4v) is 4.74. The van der Waals surface area contributed by atoms with E-state index in [0.29, 0.717) is 5.82 Å². The molecule has 1 atom stereocenters. The Hall–Kier alpha value is -3.06. The lowest BCUT2D eigenvalue weighted by atomic mass is 9.91. The maximum Gasteiger partial charge on any atom is 0.277 e. The van der Waals surface area contributed by atoms with Gasteiger partial charge in [0, 0.05) is 49.8 Å². The smallest absolute Gasteiger partial charge is 0.277 e. The molecule has 1 aromatic carbocycles. The molecule has 5 rings (SSSR count). The number of piperazine rings is 1. The summed E-state index contributed by atoms with van der Waals surface area (Å²) in [5.74, 6) is 1.53. The first-order chi connectivity index (χ1) is 14.7. The highest BCUT2D eigenvalue weighted by molar-refractivity contribution is 5.49. The lowest BCUT2D eigenvalue weighted by Crippen LogP contribution is -2.48. The Kier molecular flexibility index (Phi) is 5.04. The molecule has 1 fully saturated rings. The fourth-order valence-electron chi connectivity index (χ4n) is 4.74. The van der Waals surface area contributed by atoms with Crippen LogP contribution in [0, 0.1) is 0 Å². The van der Waals surface area contributed by atoms with Gasteiger partial charge in [-0.25, -0.2) is 9.67 Å². The lowest BCUT2D eigenvalue weighted by molar-refractivity contribution is 0.168. The van der Waals surface area contributed by atoms with Crippen molar-refractivity contribution >= 4 is 5.69 Å². The first-order valence-corrected chi connectivity index (χ1v) is 10.6. The number of pyridine rings is 1. The van der Waals surface area contributed by atoms with Crippen molar-refractivity contribution in [3.8, 4) is 11.6 Å². The number of H-pyrrole nitrogens is 1. The van der Waals surface area contributed by atoms with Gasteiger partial charge in [-0.15, -0.1) is 0 Å². The lowest BCUT2D eigenvalue weighted by Gasteiger charge is -2.41. The van der Waals surface area contributed by atoms with Crippen LogP contribution in [0.15, 0.2) is 53.5 Å². The molecule has 2 aromatic heterocycles. The molecule has 1 saturated heterocycles. The van der Waals surface area contributed by atoms with Crippen molar-refractivity contribution in [3.05, 3.63) is 70.3 Å². The van der Waals surface area contributed by atoms with Gasteiger partial charge in [0.1, 0.15) is 5.75 Å². The van der Waals surface area contributed by atoms with Crippen LogP contribution in [0.5, 0.6) is 5.75 Å². The first-order valence-electron chi connectivity index (χ1n) is 10.6. The number of nitrogens with zero attached hydrogens (tertiary/aromatic N) is 4. The molecule has 1 N–H and O–H groups in total. The van der Waals surface area contributed by atoms with E-state index in [4.69, 9.17) is 4.74 Å². The number of methoxy groups -OCH3 is 1. The third-order valence-electron chi connectivity index (χ3n) is 6.31. The summed E-state index contributed by atoms with van der Waals surface area (Å²) < 4.78 is 6.87. The maximum absolute atomic E-state index is 13.3. The molecule has 0 radical (unpaired) electrons. The van der Waals surface area contributed by atoms with Crippen LogP contribution in [-0.2, 0) is 6.42 Å². The van der Waals surface area contributed by atoms with Crippen molar-refractivity contribution in [2.75, 3.05) is 38.2 Å². The van der Waals surface area contributed by atoms with E-state index in [-0.39, 0.29) is 11.6 Å². The number of rotatable bonds is 4. The molecule has 1 unspecified atom stereocenters. The zero-order valence-corrected chi connectivity index (χ0v) is 17.3. The molecule has 0 amide bonds.